The zero-order valence-electron chi connectivity index (χ0n) is 9.89. The van der Waals surface area contributed by atoms with Gasteiger partial charge >= 0.3 is 10.3 Å². The van der Waals surface area contributed by atoms with Crippen molar-refractivity contribution in [2.24, 2.45) is 12.2 Å². The molecule has 7 heteroatoms. The van der Waals surface area contributed by atoms with Gasteiger partial charge < -0.3 is 0 Å². The van der Waals surface area contributed by atoms with Gasteiger partial charge in [0.25, 0.3) is 0 Å². The van der Waals surface area contributed by atoms with Crippen LogP contribution in [0.4, 0.5) is 0 Å². The summed E-state index contributed by atoms with van der Waals surface area (Å²) in [6, 6.07) is 1.81. The van der Waals surface area contributed by atoms with Crippen molar-refractivity contribution in [3.63, 3.8) is 0 Å². The number of aryl methyl sites for hydroxylation is 1. The van der Waals surface area contributed by atoms with Crippen molar-refractivity contribution in [1.29, 1.82) is 0 Å². The van der Waals surface area contributed by atoms with Crippen LogP contribution in [-0.2, 0) is 33.6 Å². The van der Waals surface area contributed by atoms with Crippen LogP contribution in [0.3, 0.4) is 0 Å². The average Bonchev–Trinajstić information content (AvgIpc) is 2.41. The lowest BCUT2D eigenvalue weighted by Gasteiger charge is -2.13. The molecular formula is C9H17N3O3S. The van der Waals surface area contributed by atoms with Gasteiger partial charge in [-0.25, -0.2) is 5.14 Å². The minimum absolute atomic E-state index is 0.0857. The van der Waals surface area contributed by atoms with Crippen LogP contribution in [0.2, 0.25) is 0 Å². The minimum Gasteiger partial charge on any atom is -0.270 e. The van der Waals surface area contributed by atoms with Crippen LogP contribution in [0, 0.1) is 0 Å². The van der Waals surface area contributed by atoms with Crippen LogP contribution in [0.15, 0.2) is 6.07 Å². The molecule has 6 nitrogen and oxygen atoms in total. The molecule has 1 rings (SSSR count). The topological polar surface area (TPSA) is 87.2 Å². The standard InChI is InChI=1S/C9H17N3O3S/c1-9(2,3)8-5-7(12(4)11-8)6-15-16(10,13)14/h5H,6H2,1-4H3,(H2,10,13,14). The van der Waals surface area contributed by atoms with Crippen molar-refractivity contribution in [2.45, 2.75) is 32.8 Å². The summed E-state index contributed by atoms with van der Waals surface area (Å²) in [6.45, 7) is 5.98. The molecule has 0 saturated heterocycles. The Morgan fingerprint density at radius 3 is 2.44 bits per heavy atom. The summed E-state index contributed by atoms with van der Waals surface area (Å²) in [4.78, 5) is 0. The quantitative estimate of drug-likeness (QED) is 0.839. The van der Waals surface area contributed by atoms with Gasteiger partial charge in [0.2, 0.25) is 0 Å². The summed E-state index contributed by atoms with van der Waals surface area (Å²) in [5.74, 6) is 0. The van der Waals surface area contributed by atoms with Gasteiger partial charge in [-0.05, 0) is 6.07 Å². The highest BCUT2D eigenvalue weighted by molar-refractivity contribution is 7.84. The fraction of sp³-hybridized carbons (Fsp3) is 0.667. The fourth-order valence-electron chi connectivity index (χ4n) is 1.15. The van der Waals surface area contributed by atoms with Crippen LogP contribution >= 0.6 is 0 Å². The molecule has 2 N–H and O–H groups in total. The molecule has 16 heavy (non-hydrogen) atoms. The summed E-state index contributed by atoms with van der Waals surface area (Å²) < 4.78 is 27.4. The Morgan fingerprint density at radius 1 is 1.50 bits per heavy atom. The second-order valence-corrected chi connectivity index (χ2v) is 5.87. The maximum Gasteiger partial charge on any atom is 0.333 e. The summed E-state index contributed by atoms with van der Waals surface area (Å²) in [5, 5.41) is 9.03. The molecule has 0 radical (unpaired) electrons. The van der Waals surface area contributed by atoms with E-state index >= 15 is 0 Å². The van der Waals surface area contributed by atoms with Gasteiger partial charge in [0, 0.05) is 12.5 Å². The van der Waals surface area contributed by atoms with Gasteiger partial charge in [0.1, 0.15) is 6.61 Å². The number of hydrogen-bond donors (Lipinski definition) is 1. The average molecular weight is 247 g/mol. The lowest BCUT2D eigenvalue weighted by Crippen LogP contribution is -2.16. The van der Waals surface area contributed by atoms with Crippen molar-refractivity contribution in [2.75, 3.05) is 0 Å². The van der Waals surface area contributed by atoms with E-state index in [2.05, 4.69) is 9.28 Å². The normalized spacial score (nSPS) is 13.1. The predicted molar refractivity (Wildman–Crippen MR) is 59.8 cm³/mol. The highest BCUT2D eigenvalue weighted by atomic mass is 32.2. The number of rotatable bonds is 3. The van der Waals surface area contributed by atoms with Crippen molar-refractivity contribution in [3.8, 4) is 0 Å². The number of nitrogens with zero attached hydrogens (tertiary/aromatic N) is 2. The van der Waals surface area contributed by atoms with E-state index in [1.165, 1.54) is 0 Å². The highest BCUT2D eigenvalue weighted by Crippen LogP contribution is 2.21. The molecule has 0 saturated carbocycles. The Kier molecular flexibility index (Phi) is 3.41. The largest absolute Gasteiger partial charge is 0.333 e. The van der Waals surface area contributed by atoms with E-state index in [1.807, 2.05) is 26.8 Å². The number of aromatic nitrogens is 2. The van der Waals surface area contributed by atoms with Gasteiger partial charge in [-0.2, -0.15) is 13.5 Å². The first-order valence-electron chi connectivity index (χ1n) is 4.80. The monoisotopic (exact) mass is 247 g/mol. The van der Waals surface area contributed by atoms with E-state index in [4.69, 9.17) is 5.14 Å². The van der Waals surface area contributed by atoms with Crippen molar-refractivity contribution in [3.05, 3.63) is 17.5 Å². The molecule has 0 unspecified atom stereocenters. The van der Waals surface area contributed by atoms with E-state index in [9.17, 15) is 8.42 Å². The molecule has 0 spiro atoms. The third-order valence-corrected chi connectivity index (χ3v) is 2.56. The van der Waals surface area contributed by atoms with E-state index < -0.39 is 10.3 Å². The van der Waals surface area contributed by atoms with Crippen LogP contribution in [0.25, 0.3) is 0 Å². The second kappa shape index (κ2) is 4.15. The van der Waals surface area contributed by atoms with Crippen LogP contribution in [0.1, 0.15) is 32.2 Å². The lowest BCUT2D eigenvalue weighted by atomic mass is 9.92. The molecule has 0 fully saturated rings. The van der Waals surface area contributed by atoms with Crippen molar-refractivity contribution in [1.82, 2.24) is 9.78 Å². The number of hydrogen-bond acceptors (Lipinski definition) is 4. The van der Waals surface area contributed by atoms with Gasteiger partial charge in [-0.1, -0.05) is 20.8 Å². The Bertz CT molecular complexity index is 471. The summed E-state index contributed by atoms with van der Waals surface area (Å²) in [7, 11) is -2.17. The predicted octanol–water partition coefficient (Wildman–Crippen LogP) is 0.438. The molecule has 0 bridgehead atoms. The summed E-state index contributed by atoms with van der Waals surface area (Å²) in [5.41, 5.74) is 1.46. The second-order valence-electron chi connectivity index (χ2n) is 4.65. The maximum absolute atomic E-state index is 10.6. The minimum atomic E-state index is -3.91. The molecule has 0 aliphatic rings. The van der Waals surface area contributed by atoms with E-state index in [0.717, 1.165) is 5.69 Å². The fourth-order valence-corrected chi connectivity index (χ4v) is 1.44. The Hall–Kier alpha value is -0.920. The maximum atomic E-state index is 10.6. The van der Waals surface area contributed by atoms with E-state index in [0.29, 0.717) is 5.69 Å². The van der Waals surface area contributed by atoms with Crippen molar-refractivity contribution >= 4 is 10.3 Å². The van der Waals surface area contributed by atoms with Gasteiger partial charge in [0.05, 0.1) is 11.4 Å². The first kappa shape index (κ1) is 13.1. The molecule has 0 aromatic carbocycles. The first-order chi connectivity index (χ1) is 7.09. The molecular weight excluding hydrogens is 230 g/mol. The molecule has 0 aliphatic heterocycles. The zero-order valence-corrected chi connectivity index (χ0v) is 10.7. The Balaban J connectivity index is 2.87. The van der Waals surface area contributed by atoms with Crippen LogP contribution < -0.4 is 5.14 Å². The Morgan fingerprint density at radius 2 is 2.06 bits per heavy atom. The Labute approximate surface area is 95.7 Å². The molecule has 0 atom stereocenters. The zero-order chi connectivity index (χ0) is 12.6. The molecule has 1 aromatic rings. The van der Waals surface area contributed by atoms with Crippen LogP contribution in [-0.4, -0.2) is 18.2 Å². The summed E-state index contributed by atoms with van der Waals surface area (Å²) in [6.07, 6.45) is 0. The van der Waals surface area contributed by atoms with Gasteiger partial charge in [0.15, 0.2) is 0 Å². The molecule has 92 valence electrons. The van der Waals surface area contributed by atoms with E-state index in [-0.39, 0.29) is 12.0 Å². The van der Waals surface area contributed by atoms with Crippen LogP contribution in [0.5, 0.6) is 0 Å². The third kappa shape index (κ3) is 3.58. The highest BCUT2D eigenvalue weighted by Gasteiger charge is 2.19. The molecule has 0 amide bonds. The molecule has 0 aliphatic carbocycles. The van der Waals surface area contributed by atoms with E-state index in [1.54, 1.807) is 11.7 Å². The smallest absolute Gasteiger partial charge is 0.270 e. The third-order valence-electron chi connectivity index (χ3n) is 2.12. The molecule has 1 heterocycles. The van der Waals surface area contributed by atoms with Gasteiger partial charge in [-0.3, -0.25) is 8.86 Å². The number of nitrogens with two attached hydrogens (primary N) is 1. The van der Waals surface area contributed by atoms with Gasteiger partial charge in [-0.15, -0.1) is 0 Å². The summed E-state index contributed by atoms with van der Waals surface area (Å²) >= 11 is 0. The lowest BCUT2D eigenvalue weighted by molar-refractivity contribution is 0.298. The van der Waals surface area contributed by atoms with Crippen molar-refractivity contribution < 1.29 is 12.6 Å². The SMILES string of the molecule is Cn1nc(C(C)(C)C)cc1COS(N)(=O)=O. The first-order valence-corrected chi connectivity index (χ1v) is 6.27. The molecule has 1 aromatic heterocycles.